The Morgan fingerprint density at radius 2 is 1.67 bits per heavy atom. The Labute approximate surface area is 291 Å². The number of likely N-dealkylation sites (tertiary alicyclic amines) is 1. The van der Waals surface area contributed by atoms with Gasteiger partial charge in [0.2, 0.25) is 5.91 Å². The molecule has 9 rings (SSSR count). The number of carbonyl (C=O) groups excluding carboxylic acids is 2. The average molecular weight is 665 g/mol. The van der Waals surface area contributed by atoms with E-state index < -0.39 is 0 Å². The molecule has 2 heterocycles. The normalized spacial score (nSPS) is 28.2. The van der Waals surface area contributed by atoms with Crippen molar-refractivity contribution in [2.45, 2.75) is 108 Å². The van der Waals surface area contributed by atoms with Gasteiger partial charge in [-0.05, 0) is 136 Å². The van der Waals surface area contributed by atoms with Crippen LogP contribution in [0.15, 0.2) is 55.0 Å². The van der Waals surface area contributed by atoms with Gasteiger partial charge < -0.3 is 23.8 Å². The van der Waals surface area contributed by atoms with E-state index in [1.165, 1.54) is 29.7 Å². The molecular formula is C41H52N4O4. The molecule has 5 aliphatic carbocycles. The van der Waals surface area contributed by atoms with Gasteiger partial charge in [-0.25, -0.2) is 9.78 Å². The number of hydrogen-bond donors (Lipinski definition) is 0. The fourth-order valence-corrected chi connectivity index (χ4v) is 9.38. The zero-order valence-corrected chi connectivity index (χ0v) is 29.5. The zero-order chi connectivity index (χ0) is 33.8. The molecule has 6 aliphatic rings. The largest absolute Gasteiger partial charge is 0.496 e. The second-order valence-electron chi connectivity index (χ2n) is 16.3. The highest BCUT2D eigenvalue weighted by molar-refractivity contribution is 5.95. The van der Waals surface area contributed by atoms with Gasteiger partial charge in [0.15, 0.2) is 0 Å². The highest BCUT2D eigenvalue weighted by Gasteiger charge is 2.51. The lowest BCUT2D eigenvalue weighted by Gasteiger charge is -2.55. The summed E-state index contributed by atoms with van der Waals surface area (Å²) < 4.78 is 13.6. The molecule has 8 nitrogen and oxygen atoms in total. The van der Waals surface area contributed by atoms with Crippen molar-refractivity contribution in [1.29, 1.82) is 0 Å². The Kier molecular flexibility index (Phi) is 8.48. The van der Waals surface area contributed by atoms with Gasteiger partial charge in [-0.15, -0.1) is 0 Å². The first kappa shape index (κ1) is 32.4. The summed E-state index contributed by atoms with van der Waals surface area (Å²) in [7, 11) is 1.74. The molecule has 2 aromatic carbocycles. The Hall–Kier alpha value is -3.81. The average Bonchev–Trinajstić information content (AvgIpc) is 3.85. The summed E-state index contributed by atoms with van der Waals surface area (Å²) in [5.41, 5.74) is 6.18. The second-order valence-corrected chi connectivity index (χ2v) is 16.3. The van der Waals surface area contributed by atoms with Crippen LogP contribution >= 0.6 is 0 Å². The number of amides is 2. The molecule has 260 valence electrons. The SMILES string of the molecule is COc1ccc(C23CCC(CN(C(=O)C4CCC(OC(=O)N5CC(C)C5)CC4)c4cccc(-n5cnc(C6CC6)c5)c4)(CC2)CC3)cc1C. The van der Waals surface area contributed by atoms with E-state index in [-0.39, 0.29) is 34.9 Å². The van der Waals surface area contributed by atoms with Crippen molar-refractivity contribution in [1.82, 2.24) is 14.5 Å². The summed E-state index contributed by atoms with van der Waals surface area (Å²) in [6, 6.07) is 15.3. The number of carbonyl (C=O) groups is 2. The predicted molar refractivity (Wildman–Crippen MR) is 190 cm³/mol. The highest BCUT2D eigenvalue weighted by atomic mass is 16.6. The number of methoxy groups -OCH3 is 1. The molecule has 3 aromatic rings. The van der Waals surface area contributed by atoms with E-state index in [2.05, 4.69) is 72.0 Å². The van der Waals surface area contributed by atoms with Crippen molar-refractivity contribution in [2.24, 2.45) is 17.3 Å². The molecule has 0 atom stereocenters. The Balaban J connectivity index is 1.01. The van der Waals surface area contributed by atoms with Gasteiger partial charge in [0.1, 0.15) is 11.9 Å². The molecule has 1 aliphatic heterocycles. The van der Waals surface area contributed by atoms with E-state index in [1.54, 1.807) is 12.0 Å². The number of benzene rings is 2. The van der Waals surface area contributed by atoms with Crippen molar-refractivity contribution >= 4 is 17.7 Å². The standard InChI is InChI=1S/C41H52N4O4/c1-28-23-43(24-28)39(47)49-35-12-9-31(10-13-35)38(46)45(34-6-4-5-33(22-34)44-25-36(42-27-44)30-7-8-30)26-40-15-18-41(19-16-40,20-17-40)32-11-14-37(48-3)29(2)21-32/h4-6,11,14,21-22,25,27-28,30-31,35H,7-10,12-13,15-20,23-24,26H2,1-3H3. The third-order valence-electron chi connectivity index (χ3n) is 12.8. The van der Waals surface area contributed by atoms with Crippen molar-refractivity contribution in [3.63, 3.8) is 0 Å². The second kappa shape index (κ2) is 12.8. The van der Waals surface area contributed by atoms with Gasteiger partial charge in [-0.3, -0.25) is 4.79 Å². The molecule has 5 saturated carbocycles. The van der Waals surface area contributed by atoms with E-state index >= 15 is 0 Å². The molecule has 0 unspecified atom stereocenters. The van der Waals surface area contributed by atoms with E-state index in [1.807, 2.05) is 6.33 Å². The van der Waals surface area contributed by atoms with Gasteiger partial charge in [0.05, 0.1) is 19.1 Å². The van der Waals surface area contributed by atoms with Gasteiger partial charge in [-0.1, -0.05) is 25.1 Å². The third-order valence-corrected chi connectivity index (χ3v) is 12.8. The molecule has 2 bridgehead atoms. The van der Waals surface area contributed by atoms with Crippen LogP contribution in [-0.2, 0) is 14.9 Å². The molecule has 1 aromatic heterocycles. The summed E-state index contributed by atoms with van der Waals surface area (Å²) in [6.07, 6.45) is 16.1. The molecule has 2 amide bonds. The van der Waals surface area contributed by atoms with Crippen LogP contribution in [-0.4, -0.2) is 59.3 Å². The van der Waals surface area contributed by atoms with Crippen LogP contribution in [0.1, 0.15) is 107 Å². The maximum absolute atomic E-state index is 14.7. The van der Waals surface area contributed by atoms with Gasteiger partial charge in [0, 0.05) is 49.0 Å². The number of ether oxygens (including phenoxy) is 2. The van der Waals surface area contributed by atoms with E-state index in [4.69, 9.17) is 14.5 Å². The van der Waals surface area contributed by atoms with Crippen LogP contribution in [0, 0.1) is 24.2 Å². The van der Waals surface area contributed by atoms with Crippen molar-refractivity contribution < 1.29 is 19.1 Å². The van der Waals surface area contributed by atoms with Crippen molar-refractivity contribution in [2.75, 3.05) is 31.6 Å². The molecule has 6 fully saturated rings. The number of rotatable bonds is 9. The molecule has 1 saturated heterocycles. The first-order valence-electron chi connectivity index (χ1n) is 18.8. The zero-order valence-electron chi connectivity index (χ0n) is 29.5. The molecular weight excluding hydrogens is 612 g/mol. The fourth-order valence-electron chi connectivity index (χ4n) is 9.38. The lowest BCUT2D eigenvalue weighted by molar-refractivity contribution is -0.124. The topological polar surface area (TPSA) is 76.9 Å². The fraction of sp³-hybridized carbons (Fsp3) is 0.585. The minimum atomic E-state index is -0.190. The summed E-state index contributed by atoms with van der Waals surface area (Å²) in [5.74, 6) is 2.26. The van der Waals surface area contributed by atoms with Crippen LogP contribution in [0.3, 0.4) is 0 Å². The number of aryl methyl sites for hydroxylation is 1. The number of anilines is 1. The van der Waals surface area contributed by atoms with Crippen molar-refractivity contribution in [3.8, 4) is 11.4 Å². The first-order chi connectivity index (χ1) is 23.7. The minimum Gasteiger partial charge on any atom is -0.496 e. The summed E-state index contributed by atoms with van der Waals surface area (Å²) >= 11 is 0. The smallest absolute Gasteiger partial charge is 0.410 e. The van der Waals surface area contributed by atoms with Crippen LogP contribution < -0.4 is 9.64 Å². The monoisotopic (exact) mass is 664 g/mol. The summed E-state index contributed by atoms with van der Waals surface area (Å²) in [5, 5.41) is 0. The lowest BCUT2D eigenvalue weighted by Crippen LogP contribution is -2.52. The maximum Gasteiger partial charge on any atom is 0.410 e. The Morgan fingerprint density at radius 1 is 0.939 bits per heavy atom. The van der Waals surface area contributed by atoms with Crippen LogP contribution in [0.4, 0.5) is 10.5 Å². The minimum absolute atomic E-state index is 0.0673. The number of aromatic nitrogens is 2. The molecule has 0 N–H and O–H groups in total. The van der Waals surface area contributed by atoms with Gasteiger partial charge in [-0.2, -0.15) is 0 Å². The quantitative estimate of drug-likeness (QED) is 0.230. The molecule has 49 heavy (non-hydrogen) atoms. The van der Waals surface area contributed by atoms with Gasteiger partial charge in [0.25, 0.3) is 0 Å². The molecule has 0 spiro atoms. The number of nitrogens with zero attached hydrogens (tertiary/aromatic N) is 4. The highest BCUT2D eigenvalue weighted by Crippen LogP contribution is 2.58. The van der Waals surface area contributed by atoms with Crippen molar-refractivity contribution in [3.05, 3.63) is 71.8 Å². The number of imidazole rings is 1. The molecule has 0 radical (unpaired) electrons. The molecule has 8 heteroatoms. The van der Waals surface area contributed by atoms with Crippen LogP contribution in [0.2, 0.25) is 0 Å². The van der Waals surface area contributed by atoms with Gasteiger partial charge >= 0.3 is 6.09 Å². The number of hydrogen-bond acceptors (Lipinski definition) is 5. The third kappa shape index (κ3) is 6.36. The number of fused-ring (bicyclic) bond motifs is 3. The van der Waals surface area contributed by atoms with Crippen LogP contribution in [0.5, 0.6) is 5.75 Å². The Morgan fingerprint density at radius 3 is 2.33 bits per heavy atom. The van der Waals surface area contributed by atoms with E-state index in [0.717, 1.165) is 101 Å². The first-order valence-corrected chi connectivity index (χ1v) is 18.8. The van der Waals surface area contributed by atoms with Crippen LogP contribution in [0.25, 0.3) is 5.69 Å². The van der Waals surface area contributed by atoms with E-state index in [9.17, 15) is 9.59 Å². The summed E-state index contributed by atoms with van der Waals surface area (Å²) in [4.78, 5) is 35.9. The lowest BCUT2D eigenvalue weighted by atomic mass is 9.51. The predicted octanol–water partition coefficient (Wildman–Crippen LogP) is 8.34. The Bertz CT molecular complexity index is 1670. The van der Waals surface area contributed by atoms with E-state index in [0.29, 0.717) is 11.8 Å². The maximum atomic E-state index is 14.7. The summed E-state index contributed by atoms with van der Waals surface area (Å²) in [6.45, 7) is 6.62.